The Labute approximate surface area is 138 Å². The van der Waals surface area contributed by atoms with E-state index in [4.69, 9.17) is 4.74 Å². The number of allylic oxidation sites excluding steroid dienone is 1. The zero-order chi connectivity index (χ0) is 16.6. The number of hydrogen-bond acceptors (Lipinski definition) is 3. The van der Waals surface area contributed by atoms with Crippen LogP contribution >= 0.6 is 0 Å². The highest BCUT2D eigenvalue weighted by atomic mass is 16.6. The Morgan fingerprint density at radius 2 is 2.04 bits per heavy atom. The highest BCUT2D eigenvalue weighted by Crippen LogP contribution is 2.64. The Morgan fingerprint density at radius 1 is 1.30 bits per heavy atom. The summed E-state index contributed by atoms with van der Waals surface area (Å²) in [6.07, 6.45) is 8.26. The zero-order valence-corrected chi connectivity index (χ0v) is 14.5. The molecule has 5 atom stereocenters. The third-order valence-corrected chi connectivity index (χ3v) is 7.57. The van der Waals surface area contributed by atoms with Crippen molar-refractivity contribution in [3.05, 3.63) is 23.8 Å². The second kappa shape index (κ2) is 4.50. The number of esters is 1. The van der Waals surface area contributed by atoms with Gasteiger partial charge in [-0.15, -0.1) is 0 Å². The highest BCUT2D eigenvalue weighted by Gasteiger charge is 2.60. The van der Waals surface area contributed by atoms with E-state index in [1.54, 1.807) is 0 Å². The minimum Gasteiger partial charge on any atom is -0.455 e. The van der Waals surface area contributed by atoms with Gasteiger partial charge in [-0.3, -0.25) is 0 Å². The fourth-order valence-electron chi connectivity index (χ4n) is 6.36. The zero-order valence-electron chi connectivity index (χ0n) is 14.5. The number of ether oxygens (including phenoxy) is 1. The molecule has 0 spiro atoms. The summed E-state index contributed by atoms with van der Waals surface area (Å²) in [4.78, 5) is 11.9. The second-order valence-corrected chi connectivity index (χ2v) is 9.14. The Bertz CT molecular complexity index is 616. The summed E-state index contributed by atoms with van der Waals surface area (Å²) in [6, 6.07) is 0. The van der Waals surface area contributed by atoms with Gasteiger partial charge in [-0.1, -0.05) is 39.3 Å². The summed E-state index contributed by atoms with van der Waals surface area (Å²) < 4.78 is 5.47. The molecule has 3 nitrogen and oxygen atoms in total. The van der Waals surface area contributed by atoms with Crippen molar-refractivity contribution in [2.75, 3.05) is 0 Å². The van der Waals surface area contributed by atoms with E-state index >= 15 is 0 Å². The molecule has 0 radical (unpaired) electrons. The number of rotatable bonds is 0. The molecule has 3 fully saturated rings. The molecule has 2 saturated carbocycles. The molecule has 0 bridgehead atoms. The molecular formula is C20H28O3. The van der Waals surface area contributed by atoms with Gasteiger partial charge in [0.25, 0.3) is 0 Å². The van der Waals surface area contributed by atoms with E-state index in [-0.39, 0.29) is 11.0 Å². The number of carbonyl (C=O) groups excluding carboxylic acids is 1. The monoisotopic (exact) mass is 316 g/mol. The molecule has 1 aliphatic heterocycles. The third-order valence-electron chi connectivity index (χ3n) is 7.57. The average Bonchev–Trinajstić information content (AvgIpc) is 2.67. The van der Waals surface area contributed by atoms with Crippen LogP contribution in [0.3, 0.4) is 0 Å². The molecule has 23 heavy (non-hydrogen) atoms. The Hall–Kier alpha value is -1.09. The first-order valence-electron chi connectivity index (χ1n) is 9.03. The van der Waals surface area contributed by atoms with Crippen molar-refractivity contribution >= 4 is 5.97 Å². The first-order chi connectivity index (χ1) is 10.7. The van der Waals surface area contributed by atoms with Crippen LogP contribution in [0.1, 0.15) is 59.3 Å². The molecule has 0 amide bonds. The molecule has 3 heteroatoms. The van der Waals surface area contributed by atoms with Gasteiger partial charge < -0.3 is 9.84 Å². The molecule has 0 aromatic heterocycles. The quantitative estimate of drug-likeness (QED) is 0.420. The first kappa shape index (κ1) is 15.4. The fraction of sp³-hybridized carbons (Fsp3) is 0.750. The van der Waals surface area contributed by atoms with Crippen LogP contribution in [0.4, 0.5) is 0 Å². The molecule has 1 N–H and O–H groups in total. The summed E-state index contributed by atoms with van der Waals surface area (Å²) >= 11 is 0. The molecular weight excluding hydrogens is 288 g/mol. The number of hydrogen-bond donors (Lipinski definition) is 1. The minimum absolute atomic E-state index is 0.213. The smallest absolute Gasteiger partial charge is 0.337 e. The maximum Gasteiger partial charge on any atom is 0.337 e. The van der Waals surface area contributed by atoms with Crippen LogP contribution in [0.5, 0.6) is 0 Å². The van der Waals surface area contributed by atoms with Crippen LogP contribution in [0.15, 0.2) is 23.8 Å². The molecule has 4 rings (SSSR count). The van der Waals surface area contributed by atoms with Crippen LogP contribution in [-0.2, 0) is 9.53 Å². The number of carbonyl (C=O) groups is 1. The number of aliphatic hydroxyl groups is 1. The third kappa shape index (κ3) is 1.89. The topological polar surface area (TPSA) is 46.5 Å². The summed E-state index contributed by atoms with van der Waals surface area (Å²) in [5, 5.41) is 10.9. The molecule has 1 saturated heterocycles. The van der Waals surface area contributed by atoms with E-state index in [0.717, 1.165) is 12.8 Å². The summed E-state index contributed by atoms with van der Waals surface area (Å²) in [5.74, 6) is 0.695. The second-order valence-electron chi connectivity index (χ2n) is 9.14. The van der Waals surface area contributed by atoms with Crippen LogP contribution in [0, 0.1) is 22.7 Å². The van der Waals surface area contributed by atoms with Gasteiger partial charge in [-0.2, -0.15) is 0 Å². The molecule has 0 aromatic rings. The van der Waals surface area contributed by atoms with Crippen molar-refractivity contribution in [2.24, 2.45) is 22.7 Å². The van der Waals surface area contributed by atoms with Crippen molar-refractivity contribution in [3.8, 4) is 0 Å². The van der Waals surface area contributed by atoms with Crippen molar-refractivity contribution in [1.82, 2.24) is 0 Å². The van der Waals surface area contributed by atoms with Crippen molar-refractivity contribution in [1.29, 1.82) is 0 Å². The van der Waals surface area contributed by atoms with Gasteiger partial charge in [0.1, 0.15) is 6.10 Å². The van der Waals surface area contributed by atoms with E-state index in [2.05, 4.69) is 27.4 Å². The standard InChI is InChI=1S/C20H28O3/c1-12-17(21)23-16-10-14-13(11-20(12,16)22)6-7-15-18(2,3)8-5-9-19(14,15)4/h11,14-16,22H,1,5-10H2,2-4H3. The predicted molar refractivity (Wildman–Crippen MR) is 88.6 cm³/mol. The van der Waals surface area contributed by atoms with E-state index in [0.29, 0.717) is 17.3 Å². The van der Waals surface area contributed by atoms with Crippen molar-refractivity contribution < 1.29 is 14.6 Å². The lowest BCUT2D eigenvalue weighted by molar-refractivity contribution is -0.144. The van der Waals surface area contributed by atoms with Crippen LogP contribution in [0.25, 0.3) is 0 Å². The molecule has 4 aliphatic rings. The maximum absolute atomic E-state index is 11.9. The lowest BCUT2D eigenvalue weighted by atomic mass is 9.45. The van der Waals surface area contributed by atoms with Gasteiger partial charge in [0.2, 0.25) is 0 Å². The van der Waals surface area contributed by atoms with Gasteiger partial charge in [-0.05, 0) is 60.8 Å². The van der Waals surface area contributed by atoms with E-state index < -0.39 is 17.7 Å². The van der Waals surface area contributed by atoms with Gasteiger partial charge >= 0.3 is 5.97 Å². The molecule has 126 valence electrons. The summed E-state index contributed by atoms with van der Waals surface area (Å²) in [5.41, 5.74) is 0.909. The first-order valence-corrected chi connectivity index (χ1v) is 9.03. The summed E-state index contributed by atoms with van der Waals surface area (Å²) in [7, 11) is 0. The molecule has 5 unspecified atom stereocenters. The van der Waals surface area contributed by atoms with Gasteiger partial charge in [0.15, 0.2) is 5.60 Å². The number of fused-ring (bicyclic) bond motifs is 4. The maximum atomic E-state index is 11.9. The lowest BCUT2D eigenvalue weighted by Gasteiger charge is -2.59. The predicted octanol–water partition coefficient (Wildman–Crippen LogP) is 3.77. The SMILES string of the molecule is C=C1C(=O)OC2CC3C(=CC12O)CCC1C(C)(C)CCCC31C. The van der Waals surface area contributed by atoms with Crippen molar-refractivity contribution in [3.63, 3.8) is 0 Å². The fourth-order valence-corrected chi connectivity index (χ4v) is 6.36. The summed E-state index contributed by atoms with van der Waals surface area (Å²) in [6.45, 7) is 11.1. The lowest BCUT2D eigenvalue weighted by Crippen LogP contribution is -2.54. The Balaban J connectivity index is 1.75. The molecule has 1 heterocycles. The normalized spacial score (nSPS) is 48.0. The van der Waals surface area contributed by atoms with Gasteiger partial charge in [-0.25, -0.2) is 4.79 Å². The Morgan fingerprint density at radius 3 is 2.78 bits per heavy atom. The van der Waals surface area contributed by atoms with E-state index in [1.807, 2.05) is 6.08 Å². The van der Waals surface area contributed by atoms with Crippen molar-refractivity contribution in [2.45, 2.75) is 71.0 Å². The van der Waals surface area contributed by atoms with Gasteiger partial charge in [0.05, 0.1) is 5.57 Å². The van der Waals surface area contributed by atoms with Crippen LogP contribution in [-0.4, -0.2) is 22.8 Å². The van der Waals surface area contributed by atoms with E-state index in [1.165, 1.54) is 31.3 Å². The average molecular weight is 316 g/mol. The van der Waals surface area contributed by atoms with E-state index in [9.17, 15) is 9.90 Å². The van der Waals surface area contributed by atoms with Crippen LogP contribution < -0.4 is 0 Å². The van der Waals surface area contributed by atoms with Gasteiger partial charge in [0, 0.05) is 0 Å². The van der Waals surface area contributed by atoms with Crippen LogP contribution in [0.2, 0.25) is 0 Å². The minimum atomic E-state index is -1.27. The molecule has 3 aliphatic carbocycles. The largest absolute Gasteiger partial charge is 0.455 e. The highest BCUT2D eigenvalue weighted by molar-refractivity contribution is 5.94. The molecule has 0 aromatic carbocycles. The Kier molecular flexibility index (Phi) is 3.02.